The number of benzene rings is 1. The summed E-state index contributed by atoms with van der Waals surface area (Å²) in [5, 5.41) is 1.10. The van der Waals surface area contributed by atoms with Gasteiger partial charge in [0.2, 0.25) is 6.79 Å². The summed E-state index contributed by atoms with van der Waals surface area (Å²) in [4.78, 5) is 16.3. The molecule has 0 aliphatic carbocycles. The molecule has 1 heterocycles. The summed E-state index contributed by atoms with van der Waals surface area (Å²) in [6, 6.07) is 7.10. The monoisotopic (exact) mass is 223 g/mol. The number of anilines is 1. The van der Waals surface area contributed by atoms with Crippen LogP contribution in [0, 0.1) is 0 Å². The number of nitrogens with zero attached hydrogens (tertiary/aromatic N) is 1. The molecule has 0 bridgehead atoms. The maximum absolute atomic E-state index is 11.2. The van der Waals surface area contributed by atoms with Crippen molar-refractivity contribution in [1.82, 2.24) is 0 Å². The molecule has 5 nitrogen and oxygen atoms in total. The normalized spacial score (nSPS) is 15.4. The van der Waals surface area contributed by atoms with Gasteiger partial charge in [0.1, 0.15) is 5.75 Å². The fourth-order valence-electron chi connectivity index (χ4n) is 1.38. The lowest BCUT2D eigenvalue weighted by atomic mass is 10.3. The van der Waals surface area contributed by atoms with Gasteiger partial charge in [-0.1, -0.05) is 6.07 Å². The van der Waals surface area contributed by atoms with Crippen molar-refractivity contribution in [2.24, 2.45) is 0 Å². The zero-order chi connectivity index (χ0) is 11.5. The van der Waals surface area contributed by atoms with Crippen molar-refractivity contribution in [3.63, 3.8) is 0 Å². The van der Waals surface area contributed by atoms with Crippen LogP contribution in [0.1, 0.15) is 13.8 Å². The van der Waals surface area contributed by atoms with Gasteiger partial charge in [-0.2, -0.15) is 0 Å². The maximum Gasteiger partial charge on any atom is 0.441 e. The van der Waals surface area contributed by atoms with E-state index in [4.69, 9.17) is 9.57 Å². The number of hydrogen-bond donors (Lipinski definition) is 0. The highest BCUT2D eigenvalue weighted by atomic mass is 16.9. The Hall–Kier alpha value is -1.75. The minimum atomic E-state index is -0.512. The maximum atomic E-state index is 11.2. The Labute approximate surface area is 93.5 Å². The van der Waals surface area contributed by atoms with Crippen LogP contribution in [0.4, 0.5) is 10.5 Å². The highest BCUT2D eigenvalue weighted by molar-refractivity contribution is 5.86. The van der Waals surface area contributed by atoms with Crippen LogP contribution in [0.25, 0.3) is 0 Å². The van der Waals surface area contributed by atoms with E-state index in [1.54, 1.807) is 18.2 Å². The van der Waals surface area contributed by atoms with Gasteiger partial charge in [-0.25, -0.2) is 9.63 Å². The summed E-state index contributed by atoms with van der Waals surface area (Å²) in [5.41, 5.74) is 0.598. The number of amides is 1. The third-order valence-corrected chi connectivity index (χ3v) is 1.95. The minimum Gasteiger partial charge on any atom is -0.491 e. The third-order valence-electron chi connectivity index (χ3n) is 1.95. The average Bonchev–Trinajstić information content (AvgIpc) is 2.64. The summed E-state index contributed by atoms with van der Waals surface area (Å²) >= 11 is 0. The number of carbonyl (C=O) groups excluding carboxylic acids is 1. The van der Waals surface area contributed by atoms with Crippen molar-refractivity contribution < 1.29 is 19.1 Å². The first-order valence-corrected chi connectivity index (χ1v) is 5.03. The van der Waals surface area contributed by atoms with Gasteiger partial charge in [0, 0.05) is 6.07 Å². The largest absolute Gasteiger partial charge is 0.491 e. The first-order valence-electron chi connectivity index (χ1n) is 5.03. The van der Waals surface area contributed by atoms with Crippen LogP contribution in [-0.4, -0.2) is 19.0 Å². The molecule has 1 amide bonds. The molecule has 0 radical (unpaired) electrons. The molecule has 1 saturated heterocycles. The van der Waals surface area contributed by atoms with E-state index in [0.717, 1.165) is 5.06 Å². The smallest absolute Gasteiger partial charge is 0.441 e. The van der Waals surface area contributed by atoms with E-state index in [0.29, 0.717) is 11.4 Å². The molecule has 2 rings (SSSR count). The van der Waals surface area contributed by atoms with Crippen molar-refractivity contribution in [1.29, 1.82) is 0 Å². The van der Waals surface area contributed by atoms with Crippen molar-refractivity contribution in [2.75, 3.05) is 11.9 Å². The number of hydrogen-bond acceptors (Lipinski definition) is 4. The van der Waals surface area contributed by atoms with E-state index in [9.17, 15) is 4.79 Å². The van der Waals surface area contributed by atoms with Gasteiger partial charge in [0.15, 0.2) is 0 Å². The van der Waals surface area contributed by atoms with Crippen LogP contribution in [0.2, 0.25) is 0 Å². The number of carbonyl (C=O) groups is 1. The molecule has 1 aliphatic rings. The Kier molecular flexibility index (Phi) is 2.96. The molecule has 0 atom stereocenters. The van der Waals surface area contributed by atoms with E-state index in [1.165, 1.54) is 0 Å². The Balaban J connectivity index is 2.18. The fourth-order valence-corrected chi connectivity index (χ4v) is 1.38. The van der Waals surface area contributed by atoms with Gasteiger partial charge in [-0.15, -0.1) is 5.06 Å². The zero-order valence-electron chi connectivity index (χ0n) is 9.17. The fraction of sp³-hybridized carbons (Fsp3) is 0.364. The Morgan fingerprint density at radius 1 is 1.44 bits per heavy atom. The van der Waals surface area contributed by atoms with Crippen LogP contribution in [0.15, 0.2) is 24.3 Å². The van der Waals surface area contributed by atoms with E-state index in [-0.39, 0.29) is 12.9 Å². The SMILES string of the molecule is CC(C)Oc1cccc(N2OCOC2=O)c1. The summed E-state index contributed by atoms with van der Waals surface area (Å²) in [7, 11) is 0. The predicted molar refractivity (Wildman–Crippen MR) is 57.1 cm³/mol. The van der Waals surface area contributed by atoms with Gasteiger partial charge in [0.25, 0.3) is 0 Å². The molecule has 1 fully saturated rings. The molecule has 86 valence electrons. The van der Waals surface area contributed by atoms with Gasteiger partial charge in [-0.05, 0) is 26.0 Å². The number of hydroxylamine groups is 1. The lowest BCUT2D eigenvalue weighted by molar-refractivity contribution is 0.0704. The molecule has 0 unspecified atom stereocenters. The molecule has 0 spiro atoms. The first kappa shape index (κ1) is 10.8. The van der Waals surface area contributed by atoms with Gasteiger partial charge >= 0.3 is 6.09 Å². The topological polar surface area (TPSA) is 48.0 Å². The lowest BCUT2D eigenvalue weighted by Gasteiger charge is -2.14. The van der Waals surface area contributed by atoms with Gasteiger partial charge in [0.05, 0.1) is 11.8 Å². The molecule has 16 heavy (non-hydrogen) atoms. The third kappa shape index (κ3) is 2.25. The van der Waals surface area contributed by atoms with Gasteiger partial charge in [-0.3, -0.25) is 0 Å². The first-order chi connectivity index (χ1) is 7.66. The second-order valence-corrected chi connectivity index (χ2v) is 3.62. The molecule has 1 aliphatic heterocycles. The van der Waals surface area contributed by atoms with Crippen molar-refractivity contribution in [2.45, 2.75) is 20.0 Å². The Bertz CT molecular complexity index is 391. The van der Waals surface area contributed by atoms with Crippen LogP contribution >= 0.6 is 0 Å². The molecule has 5 heteroatoms. The standard InChI is InChI=1S/C11H13NO4/c1-8(2)16-10-5-3-4-9(6-10)12-11(13)14-7-15-12/h3-6,8H,7H2,1-2H3. The highest BCUT2D eigenvalue weighted by Gasteiger charge is 2.25. The summed E-state index contributed by atoms with van der Waals surface area (Å²) in [5.74, 6) is 0.691. The Morgan fingerprint density at radius 2 is 2.25 bits per heavy atom. The molecule has 0 saturated carbocycles. The van der Waals surface area contributed by atoms with Crippen molar-refractivity contribution in [3.8, 4) is 5.75 Å². The molecule has 0 N–H and O–H groups in total. The van der Waals surface area contributed by atoms with E-state index < -0.39 is 6.09 Å². The zero-order valence-corrected chi connectivity index (χ0v) is 9.17. The second-order valence-electron chi connectivity index (χ2n) is 3.62. The minimum absolute atomic E-state index is 0.0475. The second kappa shape index (κ2) is 4.40. The van der Waals surface area contributed by atoms with Gasteiger partial charge < -0.3 is 9.47 Å². The molecular formula is C11H13NO4. The van der Waals surface area contributed by atoms with Crippen molar-refractivity contribution in [3.05, 3.63) is 24.3 Å². The predicted octanol–water partition coefficient (Wildman–Crippen LogP) is 2.32. The van der Waals surface area contributed by atoms with Crippen LogP contribution in [0.3, 0.4) is 0 Å². The Morgan fingerprint density at radius 3 is 2.88 bits per heavy atom. The lowest BCUT2D eigenvalue weighted by Crippen LogP contribution is -2.21. The number of cyclic esters (lactones) is 1. The summed E-state index contributed by atoms with van der Waals surface area (Å²) < 4.78 is 10.2. The molecule has 0 aromatic heterocycles. The highest BCUT2D eigenvalue weighted by Crippen LogP contribution is 2.24. The quantitative estimate of drug-likeness (QED) is 0.789. The molecular weight excluding hydrogens is 210 g/mol. The number of rotatable bonds is 3. The average molecular weight is 223 g/mol. The van der Waals surface area contributed by atoms with Crippen LogP contribution in [0.5, 0.6) is 5.75 Å². The van der Waals surface area contributed by atoms with Crippen molar-refractivity contribution >= 4 is 11.8 Å². The molecule has 1 aromatic rings. The van der Waals surface area contributed by atoms with E-state index in [1.807, 2.05) is 19.9 Å². The summed E-state index contributed by atoms with van der Waals surface area (Å²) in [6.07, 6.45) is -0.427. The molecule has 1 aromatic carbocycles. The van der Waals surface area contributed by atoms with Crippen LogP contribution < -0.4 is 9.80 Å². The van der Waals surface area contributed by atoms with E-state index in [2.05, 4.69) is 4.74 Å². The van der Waals surface area contributed by atoms with Crippen LogP contribution in [-0.2, 0) is 9.57 Å². The number of ether oxygens (including phenoxy) is 2. The summed E-state index contributed by atoms with van der Waals surface area (Å²) in [6.45, 7) is 3.83. The van der Waals surface area contributed by atoms with E-state index >= 15 is 0 Å².